The van der Waals surface area contributed by atoms with E-state index in [-0.39, 0.29) is 25.2 Å². The fraction of sp³-hybridized carbons (Fsp3) is 0.176. The monoisotopic (exact) mass is 365 g/mol. The van der Waals surface area contributed by atoms with Gasteiger partial charge in [-0.15, -0.1) is 0 Å². The van der Waals surface area contributed by atoms with Crippen molar-refractivity contribution in [3.63, 3.8) is 0 Å². The molecule has 0 unspecified atom stereocenters. The number of urea groups is 1. The molecule has 1 heterocycles. The van der Waals surface area contributed by atoms with Crippen molar-refractivity contribution >= 4 is 29.2 Å². The summed E-state index contributed by atoms with van der Waals surface area (Å²) in [4.78, 5) is 25.4. The third kappa shape index (κ3) is 3.88. The summed E-state index contributed by atoms with van der Waals surface area (Å²) in [5.74, 6) is -1.89. The van der Waals surface area contributed by atoms with Gasteiger partial charge in [0.25, 0.3) is 0 Å². The highest BCUT2D eigenvalue weighted by Gasteiger charge is 2.25. The number of anilines is 1. The van der Waals surface area contributed by atoms with Crippen LogP contribution in [0.2, 0.25) is 5.02 Å². The Morgan fingerprint density at radius 3 is 2.84 bits per heavy atom. The minimum Gasteiger partial charge on any atom is -0.350 e. The van der Waals surface area contributed by atoms with Gasteiger partial charge >= 0.3 is 6.03 Å². The molecule has 3 rings (SSSR count). The molecule has 130 valence electrons. The van der Waals surface area contributed by atoms with Crippen LogP contribution < -0.4 is 10.6 Å². The Labute approximate surface area is 147 Å². The summed E-state index contributed by atoms with van der Waals surface area (Å²) in [6.45, 7) is -0.115. The lowest BCUT2D eigenvalue weighted by Gasteiger charge is -2.29. The molecule has 0 bridgehead atoms. The zero-order valence-electron chi connectivity index (χ0n) is 13.0. The molecular formula is C17H14ClF2N3O2. The Balaban J connectivity index is 1.61. The van der Waals surface area contributed by atoms with Crippen LogP contribution in [-0.2, 0) is 17.9 Å². The number of hydrogen-bond donors (Lipinski definition) is 2. The van der Waals surface area contributed by atoms with E-state index in [1.807, 2.05) is 0 Å². The molecule has 8 heteroatoms. The van der Waals surface area contributed by atoms with Gasteiger partial charge in [0.1, 0.15) is 18.2 Å². The summed E-state index contributed by atoms with van der Waals surface area (Å²) < 4.78 is 26.4. The molecule has 0 saturated carbocycles. The van der Waals surface area contributed by atoms with E-state index < -0.39 is 23.6 Å². The average molecular weight is 366 g/mol. The lowest BCUT2D eigenvalue weighted by atomic mass is 10.1. The van der Waals surface area contributed by atoms with E-state index in [0.717, 1.165) is 17.7 Å². The van der Waals surface area contributed by atoms with E-state index in [2.05, 4.69) is 10.6 Å². The number of carbonyl (C=O) groups excluding carboxylic acids is 2. The standard InChI is InChI=1S/C17H14ClF2N3O2/c18-13-2-1-3-15-12(13)8-23(17(25)22-15)9-16(24)21-7-10-4-5-11(19)6-14(10)20/h1-6H,7-9H2,(H,21,24)(H,22,25). The Morgan fingerprint density at radius 1 is 1.28 bits per heavy atom. The summed E-state index contributed by atoms with van der Waals surface area (Å²) in [6, 6.07) is 7.86. The van der Waals surface area contributed by atoms with Gasteiger partial charge in [-0.2, -0.15) is 0 Å². The predicted molar refractivity (Wildman–Crippen MR) is 89.1 cm³/mol. The van der Waals surface area contributed by atoms with Crippen molar-refractivity contribution in [3.8, 4) is 0 Å². The quantitative estimate of drug-likeness (QED) is 0.873. The van der Waals surface area contributed by atoms with Crippen LogP contribution >= 0.6 is 11.6 Å². The van der Waals surface area contributed by atoms with Gasteiger partial charge in [0.15, 0.2) is 0 Å². The van der Waals surface area contributed by atoms with E-state index in [0.29, 0.717) is 10.7 Å². The second kappa shape index (κ2) is 7.06. The maximum Gasteiger partial charge on any atom is 0.322 e. The highest BCUT2D eigenvalue weighted by atomic mass is 35.5. The van der Waals surface area contributed by atoms with Crippen LogP contribution in [-0.4, -0.2) is 23.4 Å². The number of nitrogens with one attached hydrogen (secondary N) is 2. The molecular weight excluding hydrogens is 352 g/mol. The fourth-order valence-corrected chi connectivity index (χ4v) is 2.74. The first kappa shape index (κ1) is 17.2. The van der Waals surface area contributed by atoms with Gasteiger partial charge in [-0.1, -0.05) is 23.7 Å². The molecule has 1 aliphatic heterocycles. The number of hydrogen-bond acceptors (Lipinski definition) is 2. The molecule has 0 aromatic heterocycles. The molecule has 3 amide bonds. The number of nitrogens with zero attached hydrogens (tertiary/aromatic N) is 1. The molecule has 0 aliphatic carbocycles. The second-order valence-corrected chi connectivity index (χ2v) is 5.97. The average Bonchev–Trinajstić information content (AvgIpc) is 2.55. The van der Waals surface area contributed by atoms with Crippen LogP contribution in [0.5, 0.6) is 0 Å². The van der Waals surface area contributed by atoms with Crippen LogP contribution in [0.4, 0.5) is 19.3 Å². The largest absolute Gasteiger partial charge is 0.350 e. The summed E-state index contributed by atoms with van der Waals surface area (Å²) >= 11 is 6.11. The van der Waals surface area contributed by atoms with Crippen LogP contribution in [0.1, 0.15) is 11.1 Å². The van der Waals surface area contributed by atoms with Crippen molar-refractivity contribution in [1.29, 1.82) is 0 Å². The molecule has 25 heavy (non-hydrogen) atoms. The zero-order chi connectivity index (χ0) is 18.0. The third-order valence-electron chi connectivity index (χ3n) is 3.82. The molecule has 2 aromatic rings. The van der Waals surface area contributed by atoms with E-state index in [9.17, 15) is 18.4 Å². The van der Waals surface area contributed by atoms with Crippen molar-refractivity contribution in [2.75, 3.05) is 11.9 Å². The molecule has 0 radical (unpaired) electrons. The van der Waals surface area contributed by atoms with Gasteiger partial charge in [-0.25, -0.2) is 13.6 Å². The first-order valence-electron chi connectivity index (χ1n) is 7.48. The normalized spacial score (nSPS) is 13.2. The summed E-state index contributed by atoms with van der Waals surface area (Å²) in [7, 11) is 0. The molecule has 0 spiro atoms. The Bertz CT molecular complexity index is 845. The minimum atomic E-state index is -0.739. The van der Waals surface area contributed by atoms with Crippen molar-refractivity contribution < 1.29 is 18.4 Å². The summed E-state index contributed by atoms with van der Waals surface area (Å²) in [5.41, 5.74) is 1.50. The maximum absolute atomic E-state index is 13.6. The highest BCUT2D eigenvalue weighted by Crippen LogP contribution is 2.29. The smallest absolute Gasteiger partial charge is 0.322 e. The molecule has 1 aliphatic rings. The first-order valence-corrected chi connectivity index (χ1v) is 7.86. The van der Waals surface area contributed by atoms with Crippen molar-refractivity contribution in [1.82, 2.24) is 10.2 Å². The van der Waals surface area contributed by atoms with Crippen LogP contribution in [0, 0.1) is 11.6 Å². The minimum absolute atomic E-state index is 0.0995. The summed E-state index contributed by atoms with van der Waals surface area (Å²) in [6.07, 6.45) is 0. The number of fused-ring (bicyclic) bond motifs is 1. The van der Waals surface area contributed by atoms with Crippen molar-refractivity contribution in [2.45, 2.75) is 13.1 Å². The molecule has 0 atom stereocenters. The van der Waals surface area contributed by atoms with E-state index in [1.54, 1.807) is 18.2 Å². The molecule has 0 fully saturated rings. The van der Waals surface area contributed by atoms with Gasteiger partial charge in [0.2, 0.25) is 5.91 Å². The molecule has 2 aromatic carbocycles. The maximum atomic E-state index is 13.6. The van der Waals surface area contributed by atoms with Gasteiger partial charge in [-0.05, 0) is 18.2 Å². The fourth-order valence-electron chi connectivity index (χ4n) is 2.51. The zero-order valence-corrected chi connectivity index (χ0v) is 13.7. The topological polar surface area (TPSA) is 61.4 Å². The molecule has 2 N–H and O–H groups in total. The van der Waals surface area contributed by atoms with E-state index in [1.165, 1.54) is 11.0 Å². The lowest BCUT2D eigenvalue weighted by Crippen LogP contribution is -2.44. The number of amides is 3. The van der Waals surface area contributed by atoms with Crippen molar-refractivity contribution in [3.05, 3.63) is 64.2 Å². The number of carbonyl (C=O) groups is 2. The first-order chi connectivity index (χ1) is 11.9. The SMILES string of the molecule is O=C(CN1Cc2c(Cl)cccc2NC1=O)NCc1ccc(F)cc1F. The lowest BCUT2D eigenvalue weighted by molar-refractivity contribution is -0.121. The van der Waals surface area contributed by atoms with Crippen LogP contribution in [0.15, 0.2) is 36.4 Å². The Hall–Kier alpha value is -2.67. The highest BCUT2D eigenvalue weighted by molar-refractivity contribution is 6.32. The van der Waals surface area contributed by atoms with E-state index in [4.69, 9.17) is 11.6 Å². The third-order valence-corrected chi connectivity index (χ3v) is 4.18. The Kier molecular flexibility index (Phi) is 4.85. The van der Waals surface area contributed by atoms with E-state index >= 15 is 0 Å². The molecule has 5 nitrogen and oxygen atoms in total. The van der Waals surface area contributed by atoms with Crippen molar-refractivity contribution in [2.24, 2.45) is 0 Å². The molecule has 0 saturated heterocycles. The number of halogens is 3. The van der Waals surface area contributed by atoms with Gasteiger partial charge in [-0.3, -0.25) is 4.79 Å². The summed E-state index contributed by atoms with van der Waals surface area (Å²) in [5, 5.41) is 5.67. The number of benzene rings is 2. The second-order valence-electron chi connectivity index (χ2n) is 5.56. The number of rotatable bonds is 4. The Morgan fingerprint density at radius 2 is 2.08 bits per heavy atom. The van der Waals surface area contributed by atoms with Gasteiger partial charge < -0.3 is 15.5 Å². The van der Waals surface area contributed by atoms with Gasteiger partial charge in [0.05, 0.1) is 6.54 Å². The van der Waals surface area contributed by atoms with Gasteiger partial charge in [0, 0.05) is 34.4 Å². The van der Waals surface area contributed by atoms with Crippen LogP contribution in [0.25, 0.3) is 0 Å². The predicted octanol–water partition coefficient (Wildman–Crippen LogP) is 3.28. The van der Waals surface area contributed by atoms with Crippen LogP contribution in [0.3, 0.4) is 0 Å².